The van der Waals surface area contributed by atoms with Crippen LogP contribution in [0, 0.1) is 13.8 Å². The van der Waals surface area contributed by atoms with Crippen molar-refractivity contribution >= 4 is 44.6 Å². The smallest absolute Gasteiger partial charge is 0.261 e. The van der Waals surface area contributed by atoms with Crippen LogP contribution in [0.5, 0.6) is 0 Å². The van der Waals surface area contributed by atoms with Gasteiger partial charge in [-0.25, -0.2) is 13.4 Å². The number of carbonyl (C=O) groups excluding carboxylic acids is 1. The Morgan fingerprint density at radius 1 is 0.743 bits per heavy atom. The molecule has 0 atom stereocenters. The molecule has 0 spiro atoms. The zero-order chi connectivity index (χ0) is 25.0. The van der Waals surface area contributed by atoms with Gasteiger partial charge in [0.1, 0.15) is 5.82 Å². The van der Waals surface area contributed by atoms with Crippen molar-refractivity contribution in [2.45, 2.75) is 25.7 Å². The van der Waals surface area contributed by atoms with Crippen LogP contribution in [0.2, 0.25) is 0 Å². The number of carbonyl (C=O) groups is 1. The lowest BCUT2D eigenvalue weighted by molar-refractivity contribution is 0.101. The van der Waals surface area contributed by atoms with Gasteiger partial charge in [-0.2, -0.15) is 4.98 Å². The van der Waals surface area contributed by atoms with E-state index in [9.17, 15) is 13.2 Å². The molecule has 178 valence electrons. The minimum absolute atomic E-state index is 0.0785. The summed E-state index contributed by atoms with van der Waals surface area (Å²) in [6.45, 7) is 5.34. The number of Topliss-reactive ketones (excluding diaryl/α,β-unsaturated/α-hetero) is 1. The molecule has 3 aromatic carbocycles. The van der Waals surface area contributed by atoms with Crippen LogP contribution in [-0.4, -0.2) is 24.2 Å². The minimum atomic E-state index is -3.78. The molecule has 1 heterocycles. The number of sulfonamides is 1. The summed E-state index contributed by atoms with van der Waals surface area (Å²) in [5.74, 6) is 0.949. The van der Waals surface area contributed by atoms with Crippen LogP contribution in [0.25, 0.3) is 0 Å². The second kappa shape index (κ2) is 9.94. The Balaban J connectivity index is 1.45. The van der Waals surface area contributed by atoms with Crippen LogP contribution < -0.4 is 15.4 Å². The van der Waals surface area contributed by atoms with Crippen molar-refractivity contribution in [3.63, 3.8) is 0 Å². The molecule has 0 radical (unpaired) electrons. The second-order valence-corrected chi connectivity index (χ2v) is 9.78. The summed E-state index contributed by atoms with van der Waals surface area (Å²) in [4.78, 5) is 20.4. The Hall–Kier alpha value is -4.24. The summed E-state index contributed by atoms with van der Waals surface area (Å²) in [7, 11) is -3.78. The summed E-state index contributed by atoms with van der Waals surface area (Å²) >= 11 is 0. The van der Waals surface area contributed by atoms with Crippen molar-refractivity contribution in [1.29, 1.82) is 0 Å². The Kier molecular flexibility index (Phi) is 6.79. The van der Waals surface area contributed by atoms with Crippen molar-refractivity contribution < 1.29 is 13.2 Å². The maximum absolute atomic E-state index is 12.7. The van der Waals surface area contributed by atoms with Gasteiger partial charge in [-0.1, -0.05) is 29.8 Å². The summed E-state index contributed by atoms with van der Waals surface area (Å²) < 4.78 is 27.9. The molecular weight excluding hydrogens is 462 g/mol. The topological polar surface area (TPSA) is 113 Å². The minimum Gasteiger partial charge on any atom is -0.340 e. The number of aryl methyl sites for hydroxylation is 2. The number of benzene rings is 3. The standard InChI is InChI=1S/C26H25N5O3S/c1-17-4-8-22(9-5-17)29-26-27-18(2)16-25(30-26)28-21-10-12-23(13-11-21)31-35(33,34)24-14-6-20(7-15-24)19(3)32/h4-16,31H,1-3H3,(H2,27,28,29,30). The zero-order valence-electron chi connectivity index (χ0n) is 19.5. The third-order valence-electron chi connectivity index (χ3n) is 5.14. The predicted octanol–water partition coefficient (Wildman–Crippen LogP) is 5.58. The number of aromatic nitrogens is 2. The molecular formula is C26H25N5O3S. The fraction of sp³-hybridized carbons (Fsp3) is 0.115. The van der Waals surface area contributed by atoms with E-state index < -0.39 is 10.0 Å². The Morgan fingerprint density at radius 3 is 1.94 bits per heavy atom. The van der Waals surface area contributed by atoms with Crippen LogP contribution in [0.15, 0.2) is 83.8 Å². The van der Waals surface area contributed by atoms with E-state index in [1.54, 1.807) is 24.3 Å². The van der Waals surface area contributed by atoms with Gasteiger partial charge < -0.3 is 10.6 Å². The van der Waals surface area contributed by atoms with Crippen LogP contribution in [0.3, 0.4) is 0 Å². The normalized spacial score (nSPS) is 11.1. The molecule has 0 aliphatic heterocycles. The molecule has 0 aliphatic carbocycles. The van der Waals surface area contributed by atoms with E-state index in [0.29, 0.717) is 23.0 Å². The van der Waals surface area contributed by atoms with E-state index in [4.69, 9.17) is 0 Å². The van der Waals surface area contributed by atoms with Crippen LogP contribution in [-0.2, 0) is 10.0 Å². The molecule has 0 saturated carbocycles. The first-order valence-corrected chi connectivity index (χ1v) is 12.4. The first kappa shape index (κ1) is 23.9. The highest BCUT2D eigenvalue weighted by Gasteiger charge is 2.14. The van der Waals surface area contributed by atoms with Crippen molar-refractivity contribution in [3.05, 3.63) is 95.7 Å². The quantitative estimate of drug-likeness (QED) is 0.278. The lowest BCUT2D eigenvalue weighted by atomic mass is 10.2. The van der Waals surface area contributed by atoms with Gasteiger partial charge in [0.15, 0.2) is 5.78 Å². The fourth-order valence-corrected chi connectivity index (χ4v) is 4.37. The number of hydrogen-bond donors (Lipinski definition) is 3. The van der Waals surface area contributed by atoms with E-state index >= 15 is 0 Å². The van der Waals surface area contributed by atoms with Crippen LogP contribution >= 0.6 is 0 Å². The number of nitrogens with one attached hydrogen (secondary N) is 3. The second-order valence-electron chi connectivity index (χ2n) is 8.10. The highest BCUT2D eigenvalue weighted by molar-refractivity contribution is 7.92. The van der Waals surface area contributed by atoms with Crippen molar-refractivity contribution in [2.75, 3.05) is 15.4 Å². The molecule has 8 nitrogen and oxygen atoms in total. The predicted molar refractivity (Wildman–Crippen MR) is 138 cm³/mol. The fourth-order valence-electron chi connectivity index (χ4n) is 3.31. The molecule has 0 amide bonds. The van der Waals surface area contributed by atoms with E-state index in [-0.39, 0.29) is 10.7 Å². The molecule has 0 fully saturated rings. The van der Waals surface area contributed by atoms with Crippen LogP contribution in [0.1, 0.15) is 28.5 Å². The Labute approximate surface area is 204 Å². The zero-order valence-corrected chi connectivity index (χ0v) is 20.3. The van der Waals surface area contributed by atoms with E-state index in [0.717, 1.165) is 17.1 Å². The molecule has 0 aliphatic rings. The largest absolute Gasteiger partial charge is 0.340 e. The molecule has 0 bridgehead atoms. The highest BCUT2D eigenvalue weighted by Crippen LogP contribution is 2.22. The van der Waals surface area contributed by atoms with Gasteiger partial charge in [0, 0.05) is 34.4 Å². The van der Waals surface area contributed by atoms with E-state index in [1.807, 2.05) is 44.2 Å². The summed E-state index contributed by atoms with van der Waals surface area (Å²) in [6.07, 6.45) is 0. The molecule has 1 aromatic heterocycles. The number of rotatable bonds is 8. The van der Waals surface area contributed by atoms with Gasteiger partial charge in [-0.05, 0) is 69.3 Å². The van der Waals surface area contributed by atoms with Gasteiger partial charge in [0.05, 0.1) is 4.90 Å². The average Bonchev–Trinajstić information content (AvgIpc) is 2.81. The molecule has 3 N–H and O–H groups in total. The molecule has 0 unspecified atom stereocenters. The monoisotopic (exact) mass is 487 g/mol. The highest BCUT2D eigenvalue weighted by atomic mass is 32.2. The maximum Gasteiger partial charge on any atom is 0.261 e. The summed E-state index contributed by atoms with van der Waals surface area (Å²) in [6, 6.07) is 22.4. The summed E-state index contributed by atoms with van der Waals surface area (Å²) in [5, 5.41) is 6.42. The molecule has 4 aromatic rings. The average molecular weight is 488 g/mol. The Bertz CT molecular complexity index is 1450. The molecule has 0 saturated heterocycles. The third-order valence-corrected chi connectivity index (χ3v) is 6.54. The Morgan fingerprint density at radius 2 is 1.31 bits per heavy atom. The van der Waals surface area contributed by atoms with E-state index in [1.165, 1.54) is 36.8 Å². The third kappa shape index (κ3) is 6.21. The first-order valence-electron chi connectivity index (χ1n) is 10.9. The van der Waals surface area contributed by atoms with E-state index in [2.05, 4.69) is 25.3 Å². The van der Waals surface area contributed by atoms with Gasteiger partial charge in [0.2, 0.25) is 5.95 Å². The molecule has 35 heavy (non-hydrogen) atoms. The SMILES string of the molecule is CC(=O)c1ccc(S(=O)(=O)Nc2ccc(Nc3cc(C)nc(Nc4ccc(C)cc4)n3)cc2)cc1. The van der Waals surface area contributed by atoms with Gasteiger partial charge in [-0.3, -0.25) is 9.52 Å². The maximum atomic E-state index is 12.7. The van der Waals surface area contributed by atoms with Crippen LogP contribution in [0.4, 0.5) is 28.8 Å². The van der Waals surface area contributed by atoms with Crippen molar-refractivity contribution in [3.8, 4) is 0 Å². The van der Waals surface area contributed by atoms with Gasteiger partial charge in [-0.15, -0.1) is 0 Å². The first-order chi connectivity index (χ1) is 16.7. The number of nitrogens with zero attached hydrogens (tertiary/aromatic N) is 2. The van der Waals surface area contributed by atoms with Crippen molar-refractivity contribution in [1.82, 2.24) is 9.97 Å². The number of ketones is 1. The lowest BCUT2D eigenvalue weighted by Crippen LogP contribution is -2.13. The van der Waals surface area contributed by atoms with Gasteiger partial charge in [0.25, 0.3) is 10.0 Å². The van der Waals surface area contributed by atoms with Crippen molar-refractivity contribution in [2.24, 2.45) is 0 Å². The number of anilines is 5. The number of hydrogen-bond acceptors (Lipinski definition) is 7. The molecule has 4 rings (SSSR count). The molecule has 9 heteroatoms. The summed E-state index contributed by atoms with van der Waals surface area (Å²) in [5.41, 5.74) is 4.44. The lowest BCUT2D eigenvalue weighted by Gasteiger charge is -2.12. The van der Waals surface area contributed by atoms with Gasteiger partial charge >= 0.3 is 0 Å².